The van der Waals surface area contributed by atoms with Crippen molar-refractivity contribution >= 4 is 22.4 Å². The highest BCUT2D eigenvalue weighted by atomic mass is 16.5. The summed E-state index contributed by atoms with van der Waals surface area (Å²) in [5.41, 5.74) is 4.45. The summed E-state index contributed by atoms with van der Waals surface area (Å²) in [4.78, 5) is 26.5. The lowest BCUT2D eigenvalue weighted by atomic mass is 10.1. The second kappa shape index (κ2) is 8.24. The van der Waals surface area contributed by atoms with Crippen molar-refractivity contribution in [1.29, 1.82) is 5.26 Å². The quantitative estimate of drug-likeness (QED) is 0.631. The fourth-order valence-corrected chi connectivity index (χ4v) is 4.46. The number of aromatic nitrogens is 3. The molecule has 5 rings (SSSR count). The van der Waals surface area contributed by atoms with Crippen molar-refractivity contribution in [2.45, 2.75) is 32.9 Å². The Labute approximate surface area is 186 Å². The highest BCUT2D eigenvalue weighted by Gasteiger charge is 2.23. The number of hydrogen-bond donors (Lipinski definition) is 0. The molecule has 3 aromatic rings. The van der Waals surface area contributed by atoms with E-state index in [1.807, 2.05) is 38.1 Å². The van der Waals surface area contributed by atoms with E-state index in [0.717, 1.165) is 60.9 Å². The maximum Gasteiger partial charge on any atom is 0.261 e. The first kappa shape index (κ1) is 20.5. The first-order chi connectivity index (χ1) is 15.5. The molecule has 1 aromatic carbocycles. The van der Waals surface area contributed by atoms with Gasteiger partial charge in [-0.3, -0.25) is 9.36 Å². The van der Waals surface area contributed by atoms with Crippen LogP contribution in [0.4, 0.5) is 11.5 Å². The van der Waals surface area contributed by atoms with E-state index in [1.54, 1.807) is 10.9 Å². The molecular weight excluding hydrogens is 404 g/mol. The van der Waals surface area contributed by atoms with Crippen LogP contribution in [-0.2, 0) is 17.8 Å². The Kier molecular flexibility index (Phi) is 5.27. The molecule has 2 aliphatic rings. The van der Waals surface area contributed by atoms with E-state index in [0.29, 0.717) is 24.2 Å². The lowest BCUT2D eigenvalue weighted by Gasteiger charge is -2.37. The van der Waals surface area contributed by atoms with Gasteiger partial charge < -0.3 is 14.5 Å². The lowest BCUT2D eigenvalue weighted by molar-refractivity contribution is 0.109. The molecule has 1 saturated heterocycles. The van der Waals surface area contributed by atoms with E-state index in [4.69, 9.17) is 9.72 Å². The summed E-state index contributed by atoms with van der Waals surface area (Å²) in [5.74, 6) is 0.780. The Morgan fingerprint density at radius 2 is 1.91 bits per heavy atom. The second-order valence-electron chi connectivity index (χ2n) is 8.61. The zero-order valence-electron chi connectivity index (χ0n) is 18.4. The maximum atomic E-state index is 12.7. The van der Waals surface area contributed by atoms with E-state index in [9.17, 15) is 10.1 Å². The Morgan fingerprint density at radius 3 is 2.66 bits per heavy atom. The SMILES string of the molecule is CC(C)n1cnc2cc(N3CCN(c4nc5c(cc4C#N)COCC5)CC3)ccc2c1=O. The molecule has 0 N–H and O–H groups in total. The van der Waals surface area contributed by atoms with Crippen molar-refractivity contribution in [3.63, 3.8) is 0 Å². The van der Waals surface area contributed by atoms with Crippen LogP contribution in [0, 0.1) is 11.3 Å². The molecule has 0 aliphatic carbocycles. The Balaban J connectivity index is 1.36. The van der Waals surface area contributed by atoms with Crippen molar-refractivity contribution in [3.8, 4) is 6.07 Å². The van der Waals surface area contributed by atoms with E-state index in [2.05, 4.69) is 20.9 Å². The lowest BCUT2D eigenvalue weighted by Crippen LogP contribution is -2.47. The highest BCUT2D eigenvalue weighted by molar-refractivity contribution is 5.81. The van der Waals surface area contributed by atoms with E-state index in [-0.39, 0.29) is 11.6 Å². The number of nitrogens with zero attached hydrogens (tertiary/aromatic N) is 6. The zero-order chi connectivity index (χ0) is 22.2. The Bertz CT molecular complexity index is 1270. The van der Waals surface area contributed by atoms with Crippen molar-refractivity contribution in [1.82, 2.24) is 14.5 Å². The van der Waals surface area contributed by atoms with Crippen LogP contribution in [0.5, 0.6) is 0 Å². The molecule has 0 saturated carbocycles. The van der Waals surface area contributed by atoms with Gasteiger partial charge in [0, 0.05) is 49.9 Å². The largest absolute Gasteiger partial charge is 0.376 e. The third kappa shape index (κ3) is 3.59. The molecule has 2 aliphatic heterocycles. The standard InChI is InChI=1S/C24H26N6O2/c1-16(2)30-15-26-22-12-19(3-4-20(22)24(30)31)28-6-8-29(9-7-28)23-17(13-25)11-18-14-32-10-5-21(18)27-23/h3-4,11-12,15-16H,5-10,14H2,1-2H3. The third-order valence-electron chi connectivity index (χ3n) is 6.30. The first-order valence-electron chi connectivity index (χ1n) is 11.1. The van der Waals surface area contributed by atoms with Crippen LogP contribution >= 0.6 is 0 Å². The molecular formula is C24H26N6O2. The second-order valence-corrected chi connectivity index (χ2v) is 8.61. The van der Waals surface area contributed by atoms with Gasteiger partial charge in [-0.05, 0) is 38.1 Å². The summed E-state index contributed by atoms with van der Waals surface area (Å²) < 4.78 is 7.16. The summed E-state index contributed by atoms with van der Waals surface area (Å²) >= 11 is 0. The van der Waals surface area contributed by atoms with Gasteiger partial charge in [0.15, 0.2) is 0 Å². The predicted molar refractivity (Wildman–Crippen MR) is 123 cm³/mol. The number of anilines is 2. The summed E-state index contributed by atoms with van der Waals surface area (Å²) in [5, 5.41) is 10.3. The van der Waals surface area contributed by atoms with Crippen molar-refractivity contribution in [2.75, 3.05) is 42.6 Å². The normalized spacial score (nSPS) is 16.3. The van der Waals surface area contributed by atoms with Gasteiger partial charge in [0.2, 0.25) is 0 Å². The maximum absolute atomic E-state index is 12.7. The van der Waals surface area contributed by atoms with Crippen molar-refractivity contribution in [3.05, 3.63) is 57.8 Å². The summed E-state index contributed by atoms with van der Waals surface area (Å²) in [6.45, 7) is 8.33. The van der Waals surface area contributed by atoms with Crippen LogP contribution in [0.15, 0.2) is 35.4 Å². The number of hydrogen-bond acceptors (Lipinski definition) is 7. The molecule has 32 heavy (non-hydrogen) atoms. The molecule has 1 fully saturated rings. The minimum Gasteiger partial charge on any atom is -0.376 e. The number of benzene rings is 1. The van der Waals surface area contributed by atoms with Gasteiger partial charge in [0.1, 0.15) is 11.9 Å². The molecule has 8 nitrogen and oxygen atoms in total. The fourth-order valence-electron chi connectivity index (χ4n) is 4.46. The number of fused-ring (bicyclic) bond motifs is 2. The zero-order valence-corrected chi connectivity index (χ0v) is 18.4. The van der Waals surface area contributed by atoms with E-state index < -0.39 is 0 Å². The molecule has 0 atom stereocenters. The van der Waals surface area contributed by atoms with Crippen LogP contribution in [0.25, 0.3) is 10.9 Å². The monoisotopic (exact) mass is 430 g/mol. The topological polar surface area (TPSA) is 87.3 Å². The van der Waals surface area contributed by atoms with Crippen LogP contribution in [0.3, 0.4) is 0 Å². The smallest absolute Gasteiger partial charge is 0.261 e. The molecule has 4 heterocycles. The number of ether oxygens (including phenoxy) is 1. The predicted octanol–water partition coefficient (Wildman–Crippen LogP) is 2.64. The molecule has 0 spiro atoms. The molecule has 0 bridgehead atoms. The van der Waals surface area contributed by atoms with Gasteiger partial charge in [0.25, 0.3) is 5.56 Å². The third-order valence-corrected chi connectivity index (χ3v) is 6.30. The molecule has 0 amide bonds. The first-order valence-corrected chi connectivity index (χ1v) is 11.1. The Hall–Kier alpha value is -3.44. The summed E-state index contributed by atoms with van der Waals surface area (Å²) in [7, 11) is 0. The van der Waals surface area contributed by atoms with Crippen LogP contribution in [-0.4, -0.2) is 47.3 Å². The number of nitriles is 1. The number of pyridine rings is 1. The Morgan fingerprint density at radius 1 is 1.12 bits per heavy atom. The molecule has 164 valence electrons. The van der Waals surface area contributed by atoms with Crippen LogP contribution < -0.4 is 15.4 Å². The average Bonchev–Trinajstić information content (AvgIpc) is 2.83. The number of piperazine rings is 1. The minimum atomic E-state index is -0.00529. The van der Waals surface area contributed by atoms with Crippen molar-refractivity contribution < 1.29 is 4.74 Å². The van der Waals surface area contributed by atoms with Gasteiger partial charge in [-0.1, -0.05) is 0 Å². The van der Waals surface area contributed by atoms with Crippen LogP contribution in [0.1, 0.15) is 36.7 Å². The summed E-state index contributed by atoms with van der Waals surface area (Å²) in [6, 6.07) is 10.2. The van der Waals surface area contributed by atoms with Gasteiger partial charge in [-0.25, -0.2) is 9.97 Å². The molecule has 8 heteroatoms. The average molecular weight is 431 g/mol. The van der Waals surface area contributed by atoms with Crippen LogP contribution in [0.2, 0.25) is 0 Å². The minimum absolute atomic E-state index is 0.00529. The van der Waals surface area contributed by atoms with Gasteiger partial charge in [-0.15, -0.1) is 0 Å². The van der Waals surface area contributed by atoms with E-state index in [1.165, 1.54) is 0 Å². The number of rotatable bonds is 3. The molecule has 0 unspecified atom stereocenters. The van der Waals surface area contributed by atoms with Gasteiger partial charge in [-0.2, -0.15) is 5.26 Å². The van der Waals surface area contributed by atoms with Gasteiger partial charge in [0.05, 0.1) is 41.7 Å². The summed E-state index contributed by atoms with van der Waals surface area (Å²) in [6.07, 6.45) is 2.42. The fraction of sp³-hybridized carbons (Fsp3) is 0.417. The molecule has 2 aromatic heterocycles. The van der Waals surface area contributed by atoms with Gasteiger partial charge >= 0.3 is 0 Å². The van der Waals surface area contributed by atoms with E-state index >= 15 is 0 Å². The highest BCUT2D eigenvalue weighted by Crippen LogP contribution is 2.27. The molecule has 0 radical (unpaired) electrons. The van der Waals surface area contributed by atoms with Crippen molar-refractivity contribution in [2.24, 2.45) is 0 Å².